The van der Waals surface area contributed by atoms with Gasteiger partial charge in [0.05, 0.1) is 0 Å². The van der Waals surface area contributed by atoms with Gasteiger partial charge in [-0.1, -0.05) is 26.0 Å². The molecule has 0 aliphatic rings. The molecule has 1 aromatic carbocycles. The van der Waals surface area contributed by atoms with Crippen LogP contribution in [-0.4, -0.2) is 5.78 Å². The highest BCUT2D eigenvalue weighted by atomic mass is 19.2. The highest BCUT2D eigenvalue weighted by molar-refractivity contribution is 5.94. The van der Waals surface area contributed by atoms with Crippen molar-refractivity contribution in [2.24, 2.45) is 5.92 Å². The second kappa shape index (κ2) is 4.82. The minimum atomic E-state index is -0.908. The summed E-state index contributed by atoms with van der Waals surface area (Å²) < 4.78 is 25.3. The Morgan fingerprint density at radius 2 is 1.93 bits per heavy atom. The first-order chi connectivity index (χ1) is 7.00. The Hall–Kier alpha value is -1.51. The average Bonchev–Trinajstić information content (AvgIpc) is 2.19. The van der Waals surface area contributed by atoms with Crippen molar-refractivity contribution >= 4 is 11.9 Å². The Morgan fingerprint density at radius 3 is 2.47 bits per heavy atom. The fraction of sp³-hybridized carbons (Fsp3) is 0.250. The average molecular weight is 210 g/mol. The van der Waals surface area contributed by atoms with Crippen LogP contribution in [-0.2, 0) is 4.79 Å². The molecule has 0 aromatic heterocycles. The summed E-state index contributed by atoms with van der Waals surface area (Å²) in [5.74, 6) is -1.93. The SMILES string of the molecule is CC(C)C(=O)C=Cc1ccc(F)c(F)c1. The molecule has 0 aliphatic carbocycles. The smallest absolute Gasteiger partial charge is 0.159 e. The molecule has 0 bridgehead atoms. The number of halogens is 2. The van der Waals surface area contributed by atoms with Crippen LogP contribution in [0.4, 0.5) is 8.78 Å². The van der Waals surface area contributed by atoms with Gasteiger partial charge >= 0.3 is 0 Å². The first-order valence-electron chi connectivity index (χ1n) is 4.67. The topological polar surface area (TPSA) is 17.1 Å². The van der Waals surface area contributed by atoms with Crippen molar-refractivity contribution < 1.29 is 13.6 Å². The largest absolute Gasteiger partial charge is 0.295 e. The van der Waals surface area contributed by atoms with Crippen LogP contribution in [0.2, 0.25) is 0 Å². The lowest BCUT2D eigenvalue weighted by Gasteiger charge is -1.98. The van der Waals surface area contributed by atoms with Crippen molar-refractivity contribution in [2.45, 2.75) is 13.8 Å². The van der Waals surface area contributed by atoms with E-state index < -0.39 is 11.6 Å². The maximum absolute atomic E-state index is 12.8. The number of rotatable bonds is 3. The third kappa shape index (κ3) is 3.27. The van der Waals surface area contributed by atoms with Crippen molar-refractivity contribution in [1.82, 2.24) is 0 Å². The van der Waals surface area contributed by atoms with Crippen molar-refractivity contribution in [3.8, 4) is 0 Å². The normalized spacial score (nSPS) is 11.3. The summed E-state index contributed by atoms with van der Waals surface area (Å²) in [4.78, 5) is 11.2. The van der Waals surface area contributed by atoms with Gasteiger partial charge in [-0.25, -0.2) is 8.78 Å². The molecule has 0 radical (unpaired) electrons. The molecule has 0 heterocycles. The summed E-state index contributed by atoms with van der Waals surface area (Å²) in [5, 5.41) is 0. The van der Waals surface area contributed by atoms with E-state index in [-0.39, 0.29) is 11.7 Å². The molecule has 3 heteroatoms. The predicted octanol–water partition coefficient (Wildman–Crippen LogP) is 3.20. The molecule has 80 valence electrons. The van der Waals surface area contributed by atoms with Crippen LogP contribution in [0.1, 0.15) is 19.4 Å². The van der Waals surface area contributed by atoms with E-state index in [2.05, 4.69) is 0 Å². The van der Waals surface area contributed by atoms with Crippen LogP contribution < -0.4 is 0 Å². The second-order valence-corrected chi connectivity index (χ2v) is 3.56. The van der Waals surface area contributed by atoms with E-state index in [9.17, 15) is 13.6 Å². The molecular weight excluding hydrogens is 198 g/mol. The quantitative estimate of drug-likeness (QED) is 0.700. The van der Waals surface area contributed by atoms with E-state index in [1.54, 1.807) is 13.8 Å². The lowest BCUT2D eigenvalue weighted by molar-refractivity contribution is -0.117. The van der Waals surface area contributed by atoms with Gasteiger partial charge in [0.1, 0.15) is 0 Å². The molecule has 0 spiro atoms. The molecule has 0 saturated heterocycles. The van der Waals surface area contributed by atoms with Gasteiger partial charge in [0.2, 0.25) is 0 Å². The number of benzene rings is 1. The zero-order valence-corrected chi connectivity index (χ0v) is 8.63. The maximum atomic E-state index is 12.8. The minimum absolute atomic E-state index is 0.0419. The highest BCUT2D eigenvalue weighted by Gasteiger charge is 2.03. The first kappa shape index (κ1) is 11.6. The maximum Gasteiger partial charge on any atom is 0.159 e. The summed E-state index contributed by atoms with van der Waals surface area (Å²) in [5.41, 5.74) is 0.475. The second-order valence-electron chi connectivity index (χ2n) is 3.56. The molecule has 0 atom stereocenters. The standard InChI is InChI=1S/C12H12F2O/c1-8(2)12(15)6-4-9-3-5-10(13)11(14)7-9/h3-8H,1-2H3. The van der Waals surface area contributed by atoms with E-state index in [1.165, 1.54) is 18.2 Å². The summed E-state index contributed by atoms with van der Waals surface area (Å²) >= 11 is 0. The molecule has 1 rings (SSSR count). The molecule has 1 aromatic rings. The number of hydrogen-bond acceptors (Lipinski definition) is 1. The minimum Gasteiger partial charge on any atom is -0.295 e. The van der Waals surface area contributed by atoms with E-state index in [4.69, 9.17) is 0 Å². The van der Waals surface area contributed by atoms with Crippen molar-refractivity contribution in [1.29, 1.82) is 0 Å². The first-order valence-corrected chi connectivity index (χ1v) is 4.67. The molecule has 0 saturated carbocycles. The zero-order valence-electron chi connectivity index (χ0n) is 8.63. The number of allylic oxidation sites excluding steroid dienone is 1. The van der Waals surface area contributed by atoms with Gasteiger partial charge < -0.3 is 0 Å². The van der Waals surface area contributed by atoms with E-state index in [0.29, 0.717) is 5.56 Å². The lowest BCUT2D eigenvalue weighted by atomic mass is 10.1. The Kier molecular flexibility index (Phi) is 3.72. The van der Waals surface area contributed by atoms with E-state index in [1.807, 2.05) is 0 Å². The van der Waals surface area contributed by atoms with Crippen LogP contribution in [0.15, 0.2) is 24.3 Å². The van der Waals surface area contributed by atoms with Gasteiger partial charge in [0.15, 0.2) is 17.4 Å². The van der Waals surface area contributed by atoms with Crippen LogP contribution in [0, 0.1) is 17.6 Å². The van der Waals surface area contributed by atoms with Gasteiger partial charge in [0, 0.05) is 5.92 Å². The molecule has 1 nitrogen and oxygen atoms in total. The Morgan fingerprint density at radius 1 is 1.27 bits per heavy atom. The lowest BCUT2D eigenvalue weighted by Crippen LogP contribution is -2.01. The van der Waals surface area contributed by atoms with Crippen LogP contribution in [0.25, 0.3) is 6.08 Å². The van der Waals surface area contributed by atoms with Crippen molar-refractivity contribution in [3.05, 3.63) is 41.5 Å². The Balaban J connectivity index is 2.81. The fourth-order valence-electron chi connectivity index (χ4n) is 0.987. The molecule has 0 amide bonds. The molecule has 15 heavy (non-hydrogen) atoms. The molecule has 0 fully saturated rings. The number of carbonyl (C=O) groups is 1. The van der Waals surface area contributed by atoms with Gasteiger partial charge in [-0.2, -0.15) is 0 Å². The van der Waals surface area contributed by atoms with Crippen molar-refractivity contribution in [3.63, 3.8) is 0 Å². The van der Waals surface area contributed by atoms with Crippen LogP contribution >= 0.6 is 0 Å². The summed E-state index contributed by atoms with van der Waals surface area (Å²) in [6.45, 7) is 3.55. The van der Waals surface area contributed by atoms with Gasteiger partial charge in [0.25, 0.3) is 0 Å². The summed E-state index contributed by atoms with van der Waals surface area (Å²) in [6, 6.07) is 3.51. The predicted molar refractivity (Wildman–Crippen MR) is 55.2 cm³/mol. The summed E-state index contributed by atoms with van der Waals surface area (Å²) in [6.07, 6.45) is 2.85. The van der Waals surface area contributed by atoms with E-state index >= 15 is 0 Å². The van der Waals surface area contributed by atoms with Gasteiger partial charge in [-0.3, -0.25) is 4.79 Å². The Labute approximate surface area is 87.4 Å². The molecule has 0 unspecified atom stereocenters. The highest BCUT2D eigenvalue weighted by Crippen LogP contribution is 2.10. The Bertz CT molecular complexity index is 395. The van der Waals surface area contributed by atoms with E-state index in [0.717, 1.165) is 12.1 Å². The number of hydrogen-bond donors (Lipinski definition) is 0. The third-order valence-corrected chi connectivity index (χ3v) is 1.95. The van der Waals surface area contributed by atoms with Gasteiger partial charge in [-0.15, -0.1) is 0 Å². The third-order valence-electron chi connectivity index (χ3n) is 1.95. The van der Waals surface area contributed by atoms with Crippen LogP contribution in [0.5, 0.6) is 0 Å². The van der Waals surface area contributed by atoms with Crippen molar-refractivity contribution in [2.75, 3.05) is 0 Å². The molecule has 0 aliphatic heterocycles. The zero-order chi connectivity index (χ0) is 11.4. The van der Waals surface area contributed by atoms with Gasteiger partial charge in [-0.05, 0) is 23.8 Å². The fourth-order valence-corrected chi connectivity index (χ4v) is 0.987. The molecule has 0 N–H and O–H groups in total. The molecular formula is C12H12F2O. The monoisotopic (exact) mass is 210 g/mol. The number of carbonyl (C=O) groups excluding carboxylic acids is 1. The summed E-state index contributed by atoms with van der Waals surface area (Å²) in [7, 11) is 0. The van der Waals surface area contributed by atoms with Crippen LogP contribution in [0.3, 0.4) is 0 Å². The number of ketones is 1.